The molecule has 1 N–H and O–H groups in total. The average Bonchev–Trinajstić information content (AvgIpc) is 3.67. The summed E-state index contributed by atoms with van der Waals surface area (Å²) in [6.45, 7) is 5.57. The number of aromatic carboxylic acids is 1. The van der Waals surface area contributed by atoms with E-state index in [1.165, 1.54) is 0 Å². The van der Waals surface area contributed by atoms with Gasteiger partial charge < -0.3 is 19.0 Å². The zero-order valence-electron chi connectivity index (χ0n) is 25.4. The lowest BCUT2D eigenvalue weighted by Gasteiger charge is -2.33. The van der Waals surface area contributed by atoms with Crippen molar-refractivity contribution in [1.29, 1.82) is 5.26 Å². The normalized spacial score (nSPS) is 14.7. The van der Waals surface area contributed by atoms with E-state index in [0.717, 1.165) is 47.7 Å². The molecule has 46 heavy (non-hydrogen) atoms. The number of alkyl halides is 1. The number of rotatable bonds is 11. The Morgan fingerprint density at radius 2 is 1.98 bits per heavy atom. The summed E-state index contributed by atoms with van der Waals surface area (Å²) in [6.07, 6.45) is 3.91. The van der Waals surface area contributed by atoms with Crippen LogP contribution < -0.4 is 4.74 Å². The minimum absolute atomic E-state index is 0.121. The minimum atomic E-state index is -1.11. The van der Waals surface area contributed by atoms with Crippen LogP contribution in [0.3, 0.4) is 0 Å². The maximum atomic E-state index is 15.9. The maximum absolute atomic E-state index is 15.9. The van der Waals surface area contributed by atoms with Gasteiger partial charge in [-0.05, 0) is 92.4 Å². The highest BCUT2D eigenvalue weighted by Gasteiger charge is 2.29. The van der Waals surface area contributed by atoms with Gasteiger partial charge in [-0.3, -0.25) is 4.90 Å². The number of benzene rings is 3. The molecule has 1 fully saturated rings. The molecule has 0 amide bonds. The van der Waals surface area contributed by atoms with Gasteiger partial charge in [0.1, 0.15) is 30.4 Å². The first kappa shape index (κ1) is 31.3. The van der Waals surface area contributed by atoms with Crippen LogP contribution in [0.1, 0.15) is 64.5 Å². The van der Waals surface area contributed by atoms with Crippen LogP contribution in [0.15, 0.2) is 73.2 Å². The summed E-state index contributed by atoms with van der Waals surface area (Å²) in [7, 11) is 0. The molecule has 1 atom stereocenters. The van der Waals surface area contributed by atoms with Gasteiger partial charge in [0, 0.05) is 17.8 Å². The molecule has 0 unspecified atom stereocenters. The SMILES string of the molecule is CCn1cncc1Cn1c(CN2CCC([C@@H](F)c3cccc(COc4ccc(Cl)cc4C#N)c3)CC2)nc2ccc(C(=O)O)cc21. The number of aromatic nitrogens is 4. The summed E-state index contributed by atoms with van der Waals surface area (Å²) in [5.41, 5.74) is 4.53. The Morgan fingerprint density at radius 1 is 1.15 bits per heavy atom. The van der Waals surface area contributed by atoms with Crippen LogP contribution in [0.4, 0.5) is 4.39 Å². The van der Waals surface area contributed by atoms with Crippen molar-refractivity contribution in [2.45, 2.75) is 52.2 Å². The van der Waals surface area contributed by atoms with E-state index in [4.69, 9.17) is 21.3 Å². The fourth-order valence-corrected chi connectivity index (χ4v) is 6.31. The van der Waals surface area contributed by atoms with E-state index in [9.17, 15) is 15.2 Å². The summed E-state index contributed by atoms with van der Waals surface area (Å²) >= 11 is 5.99. The zero-order chi connectivity index (χ0) is 32.2. The van der Waals surface area contributed by atoms with E-state index in [2.05, 4.69) is 32.0 Å². The molecule has 0 spiro atoms. The van der Waals surface area contributed by atoms with Crippen LogP contribution in [0.5, 0.6) is 5.75 Å². The number of aryl methyl sites for hydroxylation is 1. The van der Waals surface area contributed by atoms with Crippen molar-refractivity contribution in [3.05, 3.63) is 112 Å². The van der Waals surface area contributed by atoms with E-state index in [-0.39, 0.29) is 18.1 Å². The summed E-state index contributed by atoms with van der Waals surface area (Å²) in [5.74, 6) is 0.174. The second-order valence-electron chi connectivity index (χ2n) is 11.6. The van der Waals surface area contributed by atoms with Crippen LogP contribution in [-0.2, 0) is 26.2 Å². The predicted molar refractivity (Wildman–Crippen MR) is 172 cm³/mol. The van der Waals surface area contributed by atoms with Gasteiger partial charge in [-0.2, -0.15) is 5.26 Å². The van der Waals surface area contributed by atoms with Crippen molar-refractivity contribution in [3.63, 3.8) is 0 Å². The first-order valence-electron chi connectivity index (χ1n) is 15.3. The van der Waals surface area contributed by atoms with Gasteiger partial charge in [0.15, 0.2) is 0 Å². The Kier molecular flexibility index (Phi) is 9.33. The predicted octanol–water partition coefficient (Wildman–Crippen LogP) is 7.03. The number of carboxylic acid groups (broad SMARTS) is 1. The standard InChI is InChI=1S/C35H34ClFN6O3/c1-2-42-22-39-18-29(42)19-43-31-16-26(35(44)45)6-8-30(31)40-33(43)20-41-12-10-24(11-13-41)34(37)25-5-3-4-23(14-25)21-46-32-9-7-28(36)15-27(32)17-38/h3-9,14-16,18,22,24,34H,2,10-13,19-21H2,1H3,(H,44,45)/t34-/m1/s1. The van der Waals surface area contributed by atoms with Gasteiger partial charge in [0.25, 0.3) is 0 Å². The fourth-order valence-electron chi connectivity index (χ4n) is 6.14. The summed E-state index contributed by atoms with van der Waals surface area (Å²) in [4.78, 5) is 23.2. The number of carbonyl (C=O) groups is 1. The van der Waals surface area contributed by atoms with Crippen molar-refractivity contribution in [2.75, 3.05) is 13.1 Å². The molecule has 6 rings (SSSR count). The molecule has 1 saturated heterocycles. The average molecular weight is 641 g/mol. The highest BCUT2D eigenvalue weighted by atomic mass is 35.5. The van der Waals surface area contributed by atoms with Crippen LogP contribution in [0.2, 0.25) is 5.02 Å². The lowest BCUT2D eigenvalue weighted by molar-refractivity contribution is 0.0697. The Bertz CT molecular complexity index is 1910. The molecule has 0 saturated carbocycles. The maximum Gasteiger partial charge on any atom is 0.335 e. The zero-order valence-corrected chi connectivity index (χ0v) is 26.2. The first-order valence-corrected chi connectivity index (χ1v) is 15.7. The van der Waals surface area contributed by atoms with Gasteiger partial charge in [-0.15, -0.1) is 0 Å². The number of nitriles is 1. The number of piperidine rings is 1. The number of hydrogen-bond donors (Lipinski definition) is 1. The van der Waals surface area contributed by atoms with Crippen LogP contribution in [0.25, 0.3) is 11.0 Å². The molecule has 236 valence electrons. The molecule has 1 aliphatic rings. The monoisotopic (exact) mass is 640 g/mol. The smallest absolute Gasteiger partial charge is 0.335 e. The van der Waals surface area contributed by atoms with Crippen LogP contribution in [-0.4, -0.2) is 48.2 Å². The van der Waals surface area contributed by atoms with Crippen molar-refractivity contribution < 1.29 is 19.0 Å². The molecule has 0 bridgehead atoms. The van der Waals surface area contributed by atoms with E-state index in [0.29, 0.717) is 47.8 Å². The van der Waals surface area contributed by atoms with Crippen LogP contribution in [0, 0.1) is 17.2 Å². The third-order valence-electron chi connectivity index (χ3n) is 8.67. The number of ether oxygens (including phenoxy) is 1. The molecule has 0 aliphatic carbocycles. The number of fused-ring (bicyclic) bond motifs is 1. The van der Waals surface area contributed by atoms with E-state index >= 15 is 4.39 Å². The lowest BCUT2D eigenvalue weighted by Crippen LogP contribution is -2.35. The Balaban J connectivity index is 1.12. The van der Waals surface area contributed by atoms with Crippen molar-refractivity contribution in [2.24, 2.45) is 5.92 Å². The molecule has 0 radical (unpaired) electrons. The number of imidazole rings is 2. The van der Waals surface area contributed by atoms with E-state index < -0.39 is 12.1 Å². The molecular weight excluding hydrogens is 607 g/mol. The van der Waals surface area contributed by atoms with Crippen molar-refractivity contribution in [3.8, 4) is 11.8 Å². The van der Waals surface area contributed by atoms with Gasteiger partial charge in [0.05, 0.1) is 47.3 Å². The third-order valence-corrected chi connectivity index (χ3v) is 8.91. The highest BCUT2D eigenvalue weighted by molar-refractivity contribution is 6.30. The van der Waals surface area contributed by atoms with Crippen LogP contribution >= 0.6 is 11.6 Å². The summed E-state index contributed by atoms with van der Waals surface area (Å²) < 4.78 is 25.9. The van der Waals surface area contributed by atoms with E-state index in [1.807, 2.05) is 30.5 Å². The largest absolute Gasteiger partial charge is 0.488 e. The highest BCUT2D eigenvalue weighted by Crippen LogP contribution is 2.35. The number of hydrogen-bond acceptors (Lipinski definition) is 6. The van der Waals surface area contributed by atoms with Gasteiger partial charge in [-0.1, -0.05) is 29.8 Å². The molecule has 1 aliphatic heterocycles. The number of halogens is 2. The second-order valence-corrected chi connectivity index (χ2v) is 12.0. The Labute approximate surface area is 271 Å². The molecular formula is C35H34ClFN6O3. The quantitative estimate of drug-likeness (QED) is 0.165. The van der Waals surface area contributed by atoms with Gasteiger partial charge in [-0.25, -0.2) is 19.2 Å². The summed E-state index contributed by atoms with van der Waals surface area (Å²) in [6, 6.07) is 19.4. The number of carboxylic acids is 1. The topological polar surface area (TPSA) is 109 Å². The molecule has 2 aromatic heterocycles. The molecule has 5 aromatic rings. The molecule has 3 aromatic carbocycles. The van der Waals surface area contributed by atoms with Crippen molar-refractivity contribution >= 4 is 28.6 Å². The third kappa shape index (κ3) is 6.76. The number of nitrogens with zero attached hydrogens (tertiary/aromatic N) is 6. The summed E-state index contributed by atoms with van der Waals surface area (Å²) in [5, 5.41) is 19.4. The molecule has 3 heterocycles. The fraction of sp³-hybridized carbons (Fsp3) is 0.314. The van der Waals surface area contributed by atoms with E-state index in [1.54, 1.807) is 42.7 Å². The Hall–Kier alpha value is -4.72. The molecule has 11 heteroatoms. The Morgan fingerprint density at radius 3 is 2.74 bits per heavy atom. The minimum Gasteiger partial charge on any atom is -0.488 e. The van der Waals surface area contributed by atoms with Gasteiger partial charge in [0.2, 0.25) is 0 Å². The lowest BCUT2D eigenvalue weighted by atomic mass is 9.88. The number of likely N-dealkylation sites (tertiary alicyclic amines) is 1. The van der Waals surface area contributed by atoms with Crippen molar-refractivity contribution in [1.82, 2.24) is 24.0 Å². The van der Waals surface area contributed by atoms with Gasteiger partial charge >= 0.3 is 5.97 Å². The second kappa shape index (κ2) is 13.7. The first-order chi connectivity index (χ1) is 22.3. The molecule has 9 nitrogen and oxygen atoms in total.